The third-order valence-electron chi connectivity index (χ3n) is 1.06. The first-order valence-electron chi connectivity index (χ1n) is 3.17. The van der Waals surface area contributed by atoms with Gasteiger partial charge < -0.3 is 5.32 Å². The molecule has 1 aromatic rings. The van der Waals surface area contributed by atoms with E-state index in [1.807, 2.05) is 0 Å². The largest absolute Gasteiger partial charge is 0.310 e. The molecule has 0 bridgehead atoms. The molecule has 7 heteroatoms. The maximum Gasteiger partial charge on any atom is 0.236 e. The normalized spacial score (nSPS) is 9.77. The molecule has 0 aliphatic carbocycles. The minimum atomic E-state index is -0.231. The second-order valence-electron chi connectivity index (χ2n) is 2.03. The zero-order valence-corrected chi connectivity index (χ0v) is 9.32. The number of nitrogens with zero attached hydrogens (tertiary/aromatic N) is 2. The number of amides is 1. The van der Waals surface area contributed by atoms with Crippen LogP contribution in [-0.2, 0) is 4.79 Å². The molecule has 0 saturated heterocycles. The van der Waals surface area contributed by atoms with Gasteiger partial charge in [-0.3, -0.25) is 4.79 Å². The lowest BCUT2D eigenvalue weighted by Gasteiger charge is -2.01. The lowest BCUT2D eigenvalue weighted by atomic mass is 10.5. The molecule has 0 atom stereocenters. The Balaban J connectivity index is 2.83. The molecule has 13 heavy (non-hydrogen) atoms. The van der Waals surface area contributed by atoms with Gasteiger partial charge in [0.2, 0.25) is 11.2 Å². The Bertz CT molecular complexity index is 313. The number of carbonyl (C=O) groups is 1. The van der Waals surface area contributed by atoms with Crippen LogP contribution in [0.25, 0.3) is 0 Å². The smallest absolute Gasteiger partial charge is 0.236 e. The number of hydrogen-bond acceptors (Lipinski definition) is 3. The molecule has 0 spiro atoms. The molecule has 1 N–H and O–H groups in total. The summed E-state index contributed by atoms with van der Waals surface area (Å²) in [6.45, 7) is 0. The standard InChI is InChI=1S/C6H4BrCl2N3O/c7-2-5(13)11-4-1-3(8)10-6(9)12-4/h1H,2H2,(H,10,11,12,13). The predicted octanol–water partition coefficient (Wildman–Crippen LogP) is 2.12. The topological polar surface area (TPSA) is 54.9 Å². The van der Waals surface area contributed by atoms with Crippen molar-refractivity contribution >= 4 is 50.9 Å². The Morgan fingerprint density at radius 3 is 2.77 bits per heavy atom. The third-order valence-corrected chi connectivity index (χ3v) is 1.93. The van der Waals surface area contributed by atoms with Crippen LogP contribution in [0.2, 0.25) is 10.4 Å². The zero-order valence-electron chi connectivity index (χ0n) is 6.22. The second kappa shape index (κ2) is 4.74. The number of hydrogen-bond donors (Lipinski definition) is 1. The van der Waals surface area contributed by atoms with Gasteiger partial charge in [-0.25, -0.2) is 9.97 Å². The maximum atomic E-state index is 10.9. The van der Waals surface area contributed by atoms with Gasteiger partial charge >= 0.3 is 0 Å². The molecule has 1 heterocycles. The summed E-state index contributed by atoms with van der Waals surface area (Å²) < 4.78 is 0. The van der Waals surface area contributed by atoms with Crippen molar-refractivity contribution < 1.29 is 4.79 Å². The zero-order chi connectivity index (χ0) is 9.84. The monoisotopic (exact) mass is 283 g/mol. The Morgan fingerprint density at radius 1 is 1.54 bits per heavy atom. The molecule has 1 amide bonds. The van der Waals surface area contributed by atoms with Crippen molar-refractivity contribution in [1.29, 1.82) is 0 Å². The van der Waals surface area contributed by atoms with E-state index >= 15 is 0 Å². The molecule has 1 aromatic heterocycles. The second-order valence-corrected chi connectivity index (χ2v) is 3.31. The van der Waals surface area contributed by atoms with Crippen molar-refractivity contribution in [2.24, 2.45) is 0 Å². The first kappa shape index (κ1) is 10.7. The summed E-state index contributed by atoms with van der Waals surface area (Å²) in [6, 6.07) is 1.41. The van der Waals surface area contributed by atoms with E-state index in [4.69, 9.17) is 23.2 Å². The van der Waals surface area contributed by atoms with E-state index in [1.165, 1.54) is 6.07 Å². The third kappa shape index (κ3) is 3.46. The molecule has 70 valence electrons. The van der Waals surface area contributed by atoms with Crippen LogP contribution in [0.3, 0.4) is 0 Å². The van der Waals surface area contributed by atoms with Crippen LogP contribution >= 0.6 is 39.1 Å². The van der Waals surface area contributed by atoms with Crippen molar-refractivity contribution in [2.75, 3.05) is 10.6 Å². The molecule has 0 aromatic carbocycles. The number of alkyl halides is 1. The molecule has 0 saturated carbocycles. The average molecular weight is 285 g/mol. The molecular formula is C6H4BrCl2N3O. The van der Waals surface area contributed by atoms with E-state index in [-0.39, 0.29) is 27.5 Å². The van der Waals surface area contributed by atoms with Gasteiger partial charge in [-0.15, -0.1) is 0 Å². The molecule has 0 radical (unpaired) electrons. The minimum absolute atomic E-state index is 0.00243. The van der Waals surface area contributed by atoms with E-state index in [0.29, 0.717) is 0 Å². The first-order chi connectivity index (χ1) is 6.11. The average Bonchev–Trinajstić information content (AvgIpc) is 2.02. The van der Waals surface area contributed by atoms with Crippen molar-refractivity contribution in [3.05, 3.63) is 16.5 Å². The van der Waals surface area contributed by atoms with E-state index in [9.17, 15) is 4.79 Å². The van der Waals surface area contributed by atoms with E-state index in [2.05, 4.69) is 31.2 Å². The maximum absolute atomic E-state index is 10.9. The highest BCUT2D eigenvalue weighted by Gasteiger charge is 2.04. The summed E-state index contributed by atoms with van der Waals surface area (Å²) in [5.41, 5.74) is 0. The number of anilines is 1. The summed E-state index contributed by atoms with van der Waals surface area (Å²) in [5, 5.41) is 2.84. The van der Waals surface area contributed by atoms with Gasteiger partial charge in [-0.1, -0.05) is 27.5 Å². The van der Waals surface area contributed by atoms with Crippen LogP contribution in [0, 0.1) is 0 Å². The quantitative estimate of drug-likeness (QED) is 0.514. The number of carbonyl (C=O) groups excluding carboxylic acids is 1. The fourth-order valence-electron chi connectivity index (χ4n) is 0.630. The molecule has 4 nitrogen and oxygen atoms in total. The van der Waals surface area contributed by atoms with Crippen LogP contribution in [0.1, 0.15) is 0 Å². The number of nitrogens with one attached hydrogen (secondary N) is 1. The van der Waals surface area contributed by atoms with Gasteiger partial charge in [0.25, 0.3) is 0 Å². The molecule has 0 fully saturated rings. The lowest BCUT2D eigenvalue weighted by Crippen LogP contribution is -2.13. The van der Waals surface area contributed by atoms with Crippen molar-refractivity contribution in [1.82, 2.24) is 9.97 Å². The highest BCUT2D eigenvalue weighted by atomic mass is 79.9. The van der Waals surface area contributed by atoms with Gasteiger partial charge in [0.15, 0.2) is 0 Å². The summed E-state index contributed by atoms with van der Waals surface area (Å²) in [7, 11) is 0. The summed E-state index contributed by atoms with van der Waals surface area (Å²) in [6.07, 6.45) is 0. The number of rotatable bonds is 2. The summed E-state index contributed by atoms with van der Waals surface area (Å²) >= 11 is 14.1. The lowest BCUT2D eigenvalue weighted by molar-refractivity contribution is -0.113. The summed E-state index contributed by atoms with van der Waals surface area (Å²) in [4.78, 5) is 18.3. The van der Waals surface area contributed by atoms with Crippen LogP contribution in [0.5, 0.6) is 0 Å². The van der Waals surface area contributed by atoms with Gasteiger partial charge in [0.05, 0.1) is 5.33 Å². The minimum Gasteiger partial charge on any atom is -0.310 e. The Hall–Kier alpha value is -0.390. The number of aromatic nitrogens is 2. The molecule has 1 rings (SSSR count). The van der Waals surface area contributed by atoms with Crippen LogP contribution in [0.15, 0.2) is 6.07 Å². The SMILES string of the molecule is O=C(CBr)Nc1cc(Cl)nc(Cl)n1. The fourth-order valence-corrected chi connectivity index (χ4v) is 1.18. The Kier molecular flexibility index (Phi) is 3.90. The highest BCUT2D eigenvalue weighted by molar-refractivity contribution is 9.09. The van der Waals surface area contributed by atoms with E-state index in [0.717, 1.165) is 0 Å². The van der Waals surface area contributed by atoms with Crippen molar-refractivity contribution in [2.45, 2.75) is 0 Å². The van der Waals surface area contributed by atoms with Gasteiger partial charge in [0, 0.05) is 6.07 Å². The Morgan fingerprint density at radius 2 is 2.23 bits per heavy atom. The summed E-state index contributed by atoms with van der Waals surface area (Å²) in [5.74, 6) is 0.0558. The van der Waals surface area contributed by atoms with Gasteiger partial charge in [-0.2, -0.15) is 0 Å². The van der Waals surface area contributed by atoms with Crippen LogP contribution < -0.4 is 5.32 Å². The molecule has 0 unspecified atom stereocenters. The fraction of sp³-hybridized carbons (Fsp3) is 0.167. The molecular weight excluding hydrogens is 281 g/mol. The predicted molar refractivity (Wildman–Crippen MR) is 54.5 cm³/mol. The van der Waals surface area contributed by atoms with Crippen LogP contribution in [0.4, 0.5) is 5.82 Å². The van der Waals surface area contributed by atoms with E-state index < -0.39 is 0 Å². The van der Waals surface area contributed by atoms with Crippen LogP contribution in [-0.4, -0.2) is 21.2 Å². The van der Waals surface area contributed by atoms with Crippen molar-refractivity contribution in [3.63, 3.8) is 0 Å². The number of halogens is 3. The van der Waals surface area contributed by atoms with Gasteiger partial charge in [-0.05, 0) is 11.6 Å². The Labute approximate surface area is 92.8 Å². The van der Waals surface area contributed by atoms with E-state index in [1.54, 1.807) is 0 Å². The highest BCUT2D eigenvalue weighted by Crippen LogP contribution is 2.14. The van der Waals surface area contributed by atoms with Gasteiger partial charge in [0.1, 0.15) is 11.0 Å². The van der Waals surface area contributed by atoms with Crippen molar-refractivity contribution in [3.8, 4) is 0 Å². The first-order valence-corrected chi connectivity index (χ1v) is 5.05. The molecule has 0 aliphatic heterocycles. The molecule has 0 aliphatic rings.